The summed E-state index contributed by atoms with van der Waals surface area (Å²) >= 11 is 0. The van der Waals surface area contributed by atoms with Crippen LogP contribution >= 0.6 is 0 Å². The molecule has 1 saturated heterocycles. The van der Waals surface area contributed by atoms with Gasteiger partial charge < -0.3 is 9.47 Å². The maximum Gasteiger partial charge on any atom is 0.128 e. The molecule has 1 fully saturated rings. The lowest BCUT2D eigenvalue weighted by atomic mass is 10.0. The molecule has 0 N–H and O–H groups in total. The summed E-state index contributed by atoms with van der Waals surface area (Å²) in [4.78, 5) is 6.70. The number of pyridine rings is 1. The predicted octanol–water partition coefficient (Wildman–Crippen LogP) is 3.21. The molecule has 4 heteroatoms. The van der Waals surface area contributed by atoms with Gasteiger partial charge in [-0.2, -0.15) is 5.26 Å². The molecule has 0 atom stereocenters. The van der Waals surface area contributed by atoms with Crippen LogP contribution in [0.15, 0.2) is 30.5 Å². The van der Waals surface area contributed by atoms with Crippen molar-refractivity contribution in [3.8, 4) is 6.07 Å². The van der Waals surface area contributed by atoms with E-state index in [1.165, 1.54) is 11.4 Å². The van der Waals surface area contributed by atoms with E-state index in [1.807, 2.05) is 12.1 Å². The van der Waals surface area contributed by atoms with E-state index in [4.69, 9.17) is 5.26 Å². The Morgan fingerprint density at radius 3 is 2.29 bits per heavy atom. The van der Waals surface area contributed by atoms with Gasteiger partial charge in [0.2, 0.25) is 0 Å². The number of nitrogens with zero attached hydrogens (tertiary/aromatic N) is 4. The first kappa shape index (κ1) is 13.7. The highest BCUT2D eigenvalue weighted by Gasteiger charge is 2.22. The van der Waals surface area contributed by atoms with Crippen molar-refractivity contribution in [2.75, 3.05) is 18.0 Å². The van der Waals surface area contributed by atoms with E-state index in [0.29, 0.717) is 11.6 Å². The molecule has 0 aliphatic carbocycles. The van der Waals surface area contributed by atoms with E-state index >= 15 is 0 Å². The highest BCUT2D eigenvalue weighted by atomic mass is 15.2. The van der Waals surface area contributed by atoms with Gasteiger partial charge in [0, 0.05) is 36.7 Å². The molecule has 1 aliphatic rings. The summed E-state index contributed by atoms with van der Waals surface area (Å²) in [6, 6.07) is 10.9. The highest BCUT2D eigenvalue weighted by molar-refractivity contribution is 5.42. The second kappa shape index (κ2) is 5.61. The molecule has 2 aromatic rings. The zero-order chi connectivity index (χ0) is 14.8. The molecular formula is C17H20N4. The maximum absolute atomic E-state index is 8.82. The summed E-state index contributed by atoms with van der Waals surface area (Å²) in [5, 5.41) is 8.82. The average Bonchev–Trinajstić information content (AvgIpc) is 2.87. The minimum atomic E-state index is 0.592. The normalized spacial score (nSPS) is 16.0. The van der Waals surface area contributed by atoms with E-state index in [2.05, 4.69) is 46.5 Å². The van der Waals surface area contributed by atoms with Gasteiger partial charge in [-0.05, 0) is 51.0 Å². The minimum Gasteiger partial charge on any atom is -0.356 e. The molecule has 3 heterocycles. The second-order valence-corrected chi connectivity index (χ2v) is 5.72. The fraction of sp³-hybridized carbons (Fsp3) is 0.412. The van der Waals surface area contributed by atoms with Gasteiger partial charge in [-0.15, -0.1) is 0 Å². The number of anilines is 1. The topological polar surface area (TPSA) is 44.9 Å². The quantitative estimate of drug-likeness (QED) is 0.848. The first-order valence-electron chi connectivity index (χ1n) is 7.44. The Morgan fingerprint density at radius 1 is 1.10 bits per heavy atom. The van der Waals surface area contributed by atoms with E-state index in [1.54, 1.807) is 6.20 Å². The number of piperidine rings is 1. The largest absolute Gasteiger partial charge is 0.356 e. The molecule has 0 amide bonds. The van der Waals surface area contributed by atoms with Gasteiger partial charge in [0.25, 0.3) is 0 Å². The van der Waals surface area contributed by atoms with Crippen molar-refractivity contribution in [1.82, 2.24) is 9.55 Å². The first-order valence-corrected chi connectivity index (χ1v) is 7.44. The molecule has 0 bridgehead atoms. The molecule has 108 valence electrons. The van der Waals surface area contributed by atoms with Crippen molar-refractivity contribution in [1.29, 1.82) is 5.26 Å². The molecule has 0 aromatic carbocycles. The molecule has 2 aromatic heterocycles. The summed E-state index contributed by atoms with van der Waals surface area (Å²) in [7, 11) is 0. The van der Waals surface area contributed by atoms with Crippen LogP contribution in [-0.2, 0) is 0 Å². The molecule has 21 heavy (non-hydrogen) atoms. The average molecular weight is 280 g/mol. The molecule has 0 unspecified atom stereocenters. The summed E-state index contributed by atoms with van der Waals surface area (Å²) in [5.74, 6) is 0.980. The number of nitriles is 1. The van der Waals surface area contributed by atoms with Gasteiger partial charge in [0.1, 0.15) is 11.9 Å². The fourth-order valence-corrected chi connectivity index (χ4v) is 3.25. The third-order valence-corrected chi connectivity index (χ3v) is 4.36. The van der Waals surface area contributed by atoms with Crippen molar-refractivity contribution in [3.63, 3.8) is 0 Å². The van der Waals surface area contributed by atoms with Crippen LogP contribution in [0.2, 0.25) is 0 Å². The van der Waals surface area contributed by atoms with Crippen LogP contribution in [0.25, 0.3) is 0 Å². The summed E-state index contributed by atoms with van der Waals surface area (Å²) < 4.78 is 2.46. The third kappa shape index (κ3) is 2.64. The Hall–Kier alpha value is -2.28. The van der Waals surface area contributed by atoms with E-state index in [-0.39, 0.29) is 0 Å². The number of aromatic nitrogens is 2. The van der Waals surface area contributed by atoms with Gasteiger partial charge in [-0.1, -0.05) is 0 Å². The Balaban J connectivity index is 1.69. The Kier molecular flexibility index (Phi) is 3.66. The minimum absolute atomic E-state index is 0.592. The van der Waals surface area contributed by atoms with E-state index < -0.39 is 0 Å². The predicted molar refractivity (Wildman–Crippen MR) is 83.3 cm³/mol. The lowest BCUT2D eigenvalue weighted by Gasteiger charge is -2.34. The first-order chi connectivity index (χ1) is 10.2. The van der Waals surface area contributed by atoms with Crippen LogP contribution in [-0.4, -0.2) is 22.6 Å². The molecule has 0 spiro atoms. The molecule has 1 aliphatic heterocycles. The smallest absolute Gasteiger partial charge is 0.128 e. The van der Waals surface area contributed by atoms with Crippen molar-refractivity contribution in [2.45, 2.75) is 32.7 Å². The Morgan fingerprint density at radius 2 is 1.76 bits per heavy atom. The zero-order valence-corrected chi connectivity index (χ0v) is 12.6. The molecular weight excluding hydrogens is 260 g/mol. The second-order valence-electron chi connectivity index (χ2n) is 5.72. The van der Waals surface area contributed by atoms with Crippen LogP contribution in [0.4, 0.5) is 5.82 Å². The van der Waals surface area contributed by atoms with Gasteiger partial charge in [-0.25, -0.2) is 4.98 Å². The van der Waals surface area contributed by atoms with Crippen molar-refractivity contribution < 1.29 is 0 Å². The van der Waals surface area contributed by atoms with Gasteiger partial charge >= 0.3 is 0 Å². The summed E-state index contributed by atoms with van der Waals surface area (Å²) in [5.41, 5.74) is 3.32. The monoisotopic (exact) mass is 280 g/mol. The number of rotatable bonds is 2. The molecule has 0 saturated carbocycles. The fourth-order valence-electron chi connectivity index (χ4n) is 3.25. The van der Waals surface area contributed by atoms with Crippen molar-refractivity contribution >= 4 is 5.82 Å². The Labute approximate surface area is 125 Å². The molecule has 4 nitrogen and oxygen atoms in total. The zero-order valence-electron chi connectivity index (χ0n) is 12.6. The third-order valence-electron chi connectivity index (χ3n) is 4.36. The SMILES string of the molecule is Cc1ccc(C)n1C1CCN(c2ccc(C#N)cn2)CC1. The van der Waals surface area contributed by atoms with Crippen molar-refractivity contribution in [2.24, 2.45) is 0 Å². The van der Waals surface area contributed by atoms with Gasteiger partial charge in [0.15, 0.2) is 0 Å². The van der Waals surface area contributed by atoms with Crippen LogP contribution in [0.5, 0.6) is 0 Å². The highest BCUT2D eigenvalue weighted by Crippen LogP contribution is 2.28. The lowest BCUT2D eigenvalue weighted by Crippen LogP contribution is -2.35. The van der Waals surface area contributed by atoms with Gasteiger partial charge in [-0.3, -0.25) is 0 Å². The van der Waals surface area contributed by atoms with Crippen molar-refractivity contribution in [3.05, 3.63) is 47.4 Å². The summed E-state index contributed by atoms with van der Waals surface area (Å²) in [6.45, 7) is 6.39. The number of hydrogen-bond acceptors (Lipinski definition) is 3. The molecule has 3 rings (SSSR count). The van der Waals surface area contributed by atoms with Gasteiger partial charge in [0.05, 0.1) is 5.56 Å². The molecule has 0 radical (unpaired) electrons. The summed E-state index contributed by atoms with van der Waals surface area (Å²) in [6.07, 6.45) is 3.93. The van der Waals surface area contributed by atoms with E-state index in [0.717, 1.165) is 31.7 Å². The standard InChI is InChI=1S/C17H20N4/c1-13-3-4-14(2)21(13)16-7-9-20(10-8-16)17-6-5-15(11-18)12-19-17/h3-6,12,16H,7-10H2,1-2H3. The van der Waals surface area contributed by atoms with E-state index in [9.17, 15) is 0 Å². The van der Waals surface area contributed by atoms with Crippen LogP contribution in [0.3, 0.4) is 0 Å². The Bertz CT molecular complexity index is 636. The lowest BCUT2D eigenvalue weighted by molar-refractivity contribution is 0.385. The van der Waals surface area contributed by atoms with Crippen LogP contribution in [0.1, 0.15) is 35.8 Å². The number of hydrogen-bond donors (Lipinski definition) is 0. The number of aryl methyl sites for hydroxylation is 2. The van der Waals surface area contributed by atoms with Crippen LogP contribution < -0.4 is 4.90 Å². The maximum atomic E-state index is 8.82. The van der Waals surface area contributed by atoms with Crippen LogP contribution in [0, 0.1) is 25.2 Å².